The summed E-state index contributed by atoms with van der Waals surface area (Å²) in [5, 5.41) is 2.81. The number of unbranched alkanes of at least 4 members (excludes halogenated alkanes) is 20. The van der Waals surface area contributed by atoms with E-state index in [0.29, 0.717) is 19.4 Å². The number of likely N-dealkylation sites (N-methyl/N-ethyl adjacent to an activating group) is 1. The molecule has 0 aromatic heterocycles. The summed E-state index contributed by atoms with van der Waals surface area (Å²) in [5.74, 6) is -0.801. The number of ether oxygens (including phenoxy) is 2. The van der Waals surface area contributed by atoms with Crippen molar-refractivity contribution in [2.24, 2.45) is 0 Å². The minimum atomic E-state index is -4.33. The fraction of sp³-hybridized carbons (Fsp3) is 0.941. The van der Waals surface area contributed by atoms with Crippen molar-refractivity contribution in [3.63, 3.8) is 0 Å². The molecule has 10 heteroatoms. The first kappa shape index (κ1) is 43.0. The van der Waals surface area contributed by atoms with Crippen LogP contribution in [-0.2, 0) is 32.7 Å². The molecule has 0 heterocycles. The van der Waals surface area contributed by atoms with Gasteiger partial charge in [0.05, 0.1) is 13.2 Å². The van der Waals surface area contributed by atoms with E-state index in [2.05, 4.69) is 19.2 Å². The van der Waals surface area contributed by atoms with Gasteiger partial charge in [-0.1, -0.05) is 142 Å². The lowest BCUT2D eigenvalue weighted by Gasteiger charge is -2.20. The SMILES string of the molecule is CCCCCCCCCCCCCC(=O)OCC(COP(=O)(O)OCCNC)OC(=O)CCCCCCCCCCCCC. The number of nitrogens with one attached hydrogen (secondary N) is 1. The third kappa shape index (κ3) is 31.0. The highest BCUT2D eigenvalue weighted by molar-refractivity contribution is 7.47. The van der Waals surface area contributed by atoms with Gasteiger partial charge < -0.3 is 19.7 Å². The van der Waals surface area contributed by atoms with Crippen LogP contribution in [0.15, 0.2) is 0 Å². The fourth-order valence-electron chi connectivity index (χ4n) is 4.96. The van der Waals surface area contributed by atoms with E-state index in [1.807, 2.05) is 0 Å². The van der Waals surface area contributed by atoms with Crippen molar-refractivity contribution in [3.05, 3.63) is 0 Å². The van der Waals surface area contributed by atoms with Crippen LogP contribution in [0, 0.1) is 0 Å². The molecule has 0 spiro atoms. The van der Waals surface area contributed by atoms with Crippen molar-refractivity contribution >= 4 is 19.8 Å². The van der Waals surface area contributed by atoms with Crippen molar-refractivity contribution in [2.45, 2.75) is 174 Å². The van der Waals surface area contributed by atoms with Gasteiger partial charge in [-0.3, -0.25) is 18.6 Å². The Morgan fingerprint density at radius 2 is 1.02 bits per heavy atom. The van der Waals surface area contributed by atoms with Gasteiger partial charge in [0, 0.05) is 19.4 Å². The first-order valence-electron chi connectivity index (χ1n) is 18.0. The molecule has 0 aromatic rings. The molecule has 0 saturated carbocycles. The second-order valence-corrected chi connectivity index (χ2v) is 13.5. The number of esters is 2. The zero-order chi connectivity index (χ0) is 32.6. The highest BCUT2D eigenvalue weighted by atomic mass is 31.2. The third-order valence-corrected chi connectivity index (χ3v) is 8.71. The predicted octanol–water partition coefficient (Wildman–Crippen LogP) is 9.20. The van der Waals surface area contributed by atoms with Crippen LogP contribution in [0.2, 0.25) is 0 Å². The van der Waals surface area contributed by atoms with Crippen LogP contribution in [0.3, 0.4) is 0 Å². The first-order chi connectivity index (χ1) is 21.3. The van der Waals surface area contributed by atoms with Gasteiger partial charge in [-0.15, -0.1) is 0 Å². The topological polar surface area (TPSA) is 120 Å². The Balaban J connectivity index is 4.31. The number of carbonyl (C=O) groups excluding carboxylic acids is 2. The summed E-state index contributed by atoms with van der Waals surface area (Å²) in [6.45, 7) is 4.21. The molecule has 9 nitrogen and oxygen atoms in total. The van der Waals surface area contributed by atoms with Gasteiger partial charge in [-0.2, -0.15) is 0 Å². The van der Waals surface area contributed by atoms with Gasteiger partial charge in [0.2, 0.25) is 0 Å². The minimum absolute atomic E-state index is 0.0124. The van der Waals surface area contributed by atoms with Crippen LogP contribution in [0.4, 0.5) is 0 Å². The van der Waals surface area contributed by atoms with Crippen LogP contribution in [-0.4, -0.2) is 56.3 Å². The molecule has 0 fully saturated rings. The monoisotopic (exact) mass is 649 g/mol. The van der Waals surface area contributed by atoms with Crippen molar-refractivity contribution in [1.82, 2.24) is 5.32 Å². The standard InChI is InChI=1S/C34H68NO8P/c1-4-6-8-10-12-14-16-18-20-22-24-26-33(36)40-30-32(31-42-44(38,39)41-29-28-35-3)43-34(37)27-25-23-21-19-17-15-13-11-9-7-5-2/h32,35H,4-31H2,1-3H3,(H,38,39). The van der Waals surface area contributed by atoms with Crippen LogP contribution in [0.25, 0.3) is 0 Å². The summed E-state index contributed by atoms with van der Waals surface area (Å²) in [4.78, 5) is 34.7. The van der Waals surface area contributed by atoms with Crippen LogP contribution < -0.4 is 5.32 Å². The van der Waals surface area contributed by atoms with E-state index in [1.165, 1.54) is 103 Å². The maximum absolute atomic E-state index is 12.5. The number of hydrogen-bond acceptors (Lipinski definition) is 8. The lowest BCUT2D eigenvalue weighted by Crippen LogP contribution is -2.29. The van der Waals surface area contributed by atoms with Crippen LogP contribution >= 0.6 is 7.82 Å². The summed E-state index contributed by atoms with van der Waals surface area (Å²) in [7, 11) is -2.63. The summed E-state index contributed by atoms with van der Waals surface area (Å²) < 4.78 is 32.9. The van der Waals surface area contributed by atoms with Gasteiger partial charge in [0.1, 0.15) is 6.61 Å². The maximum Gasteiger partial charge on any atom is 0.472 e. The molecule has 0 rings (SSSR count). The summed E-state index contributed by atoms with van der Waals surface area (Å²) in [5.41, 5.74) is 0. The highest BCUT2D eigenvalue weighted by Crippen LogP contribution is 2.43. The number of rotatable bonds is 34. The minimum Gasteiger partial charge on any atom is -0.462 e. The Kier molecular flexibility index (Phi) is 31.3. The number of phosphoric ester groups is 1. The Labute approximate surface area is 269 Å². The molecule has 0 aliphatic heterocycles. The first-order valence-corrected chi connectivity index (χ1v) is 19.5. The Hall–Kier alpha value is -0.990. The quantitative estimate of drug-likeness (QED) is 0.0399. The Bertz CT molecular complexity index is 709. The average molecular weight is 650 g/mol. The van der Waals surface area contributed by atoms with E-state index in [9.17, 15) is 19.0 Å². The van der Waals surface area contributed by atoms with Gasteiger partial charge in [-0.05, 0) is 19.9 Å². The molecular weight excluding hydrogens is 581 g/mol. The van der Waals surface area contributed by atoms with E-state index in [0.717, 1.165) is 32.1 Å². The summed E-state index contributed by atoms with van der Waals surface area (Å²) in [6.07, 6.45) is 25.7. The lowest BCUT2D eigenvalue weighted by atomic mass is 10.1. The molecule has 44 heavy (non-hydrogen) atoms. The van der Waals surface area contributed by atoms with E-state index in [-0.39, 0.29) is 25.6 Å². The Morgan fingerprint density at radius 3 is 1.45 bits per heavy atom. The zero-order valence-electron chi connectivity index (χ0n) is 28.6. The van der Waals surface area contributed by atoms with Gasteiger partial charge in [0.25, 0.3) is 0 Å². The van der Waals surface area contributed by atoms with Crippen molar-refractivity contribution in [1.29, 1.82) is 0 Å². The highest BCUT2D eigenvalue weighted by Gasteiger charge is 2.26. The smallest absolute Gasteiger partial charge is 0.462 e. The average Bonchev–Trinajstić information content (AvgIpc) is 3.00. The second kappa shape index (κ2) is 32.0. The molecule has 0 amide bonds. The van der Waals surface area contributed by atoms with Gasteiger partial charge in [0.15, 0.2) is 6.10 Å². The second-order valence-electron chi connectivity index (χ2n) is 12.1. The normalized spacial score (nSPS) is 13.5. The van der Waals surface area contributed by atoms with Crippen molar-refractivity contribution in [3.8, 4) is 0 Å². The number of phosphoric acid groups is 1. The zero-order valence-corrected chi connectivity index (χ0v) is 29.5. The Morgan fingerprint density at radius 1 is 0.614 bits per heavy atom. The molecule has 0 saturated heterocycles. The molecule has 2 unspecified atom stereocenters. The summed E-state index contributed by atoms with van der Waals surface area (Å²) >= 11 is 0. The molecule has 2 N–H and O–H groups in total. The van der Waals surface area contributed by atoms with Crippen LogP contribution in [0.5, 0.6) is 0 Å². The molecule has 2 atom stereocenters. The van der Waals surface area contributed by atoms with Crippen LogP contribution in [0.1, 0.15) is 168 Å². The van der Waals surface area contributed by atoms with E-state index in [1.54, 1.807) is 7.05 Å². The third-order valence-electron chi connectivity index (χ3n) is 7.73. The predicted molar refractivity (Wildman–Crippen MR) is 179 cm³/mol. The van der Waals surface area contributed by atoms with Crippen molar-refractivity contribution in [2.75, 3.05) is 33.4 Å². The molecular formula is C34H68NO8P. The molecule has 0 aliphatic carbocycles. The molecule has 0 radical (unpaired) electrons. The number of carbonyl (C=O) groups is 2. The summed E-state index contributed by atoms with van der Waals surface area (Å²) in [6, 6.07) is 0. The van der Waals surface area contributed by atoms with E-state index < -0.39 is 26.5 Å². The maximum atomic E-state index is 12.5. The van der Waals surface area contributed by atoms with Gasteiger partial charge in [-0.25, -0.2) is 4.57 Å². The van der Waals surface area contributed by atoms with E-state index >= 15 is 0 Å². The van der Waals surface area contributed by atoms with Gasteiger partial charge >= 0.3 is 19.8 Å². The molecule has 0 aliphatic rings. The molecule has 0 bridgehead atoms. The number of hydrogen-bond donors (Lipinski definition) is 2. The largest absolute Gasteiger partial charge is 0.472 e. The fourth-order valence-corrected chi connectivity index (χ4v) is 5.71. The lowest BCUT2D eigenvalue weighted by molar-refractivity contribution is -0.161. The van der Waals surface area contributed by atoms with E-state index in [4.69, 9.17) is 18.5 Å². The molecule has 0 aromatic carbocycles. The van der Waals surface area contributed by atoms with Crippen molar-refractivity contribution < 1.29 is 37.6 Å². The molecule has 262 valence electrons.